The van der Waals surface area contributed by atoms with Gasteiger partial charge in [0.25, 0.3) is 0 Å². The summed E-state index contributed by atoms with van der Waals surface area (Å²) >= 11 is 5.96. The molecule has 1 aromatic heterocycles. The van der Waals surface area contributed by atoms with Crippen molar-refractivity contribution in [2.24, 2.45) is 0 Å². The predicted octanol–water partition coefficient (Wildman–Crippen LogP) is 2.29. The van der Waals surface area contributed by atoms with Crippen molar-refractivity contribution in [3.8, 4) is 0 Å². The van der Waals surface area contributed by atoms with Crippen molar-refractivity contribution in [2.75, 3.05) is 18.0 Å². The third-order valence-corrected chi connectivity index (χ3v) is 2.52. The van der Waals surface area contributed by atoms with E-state index in [1.807, 2.05) is 18.7 Å². The summed E-state index contributed by atoms with van der Waals surface area (Å²) in [5, 5.41) is 10.3. The predicted molar refractivity (Wildman–Crippen MR) is 70.6 cm³/mol. The molecule has 4 nitrogen and oxygen atoms in total. The maximum atomic E-state index is 9.86. The lowest BCUT2D eigenvalue weighted by atomic mass is 10.1. The van der Waals surface area contributed by atoms with E-state index in [1.54, 1.807) is 19.9 Å². The fraction of sp³-hybridized carbons (Fsp3) is 0.667. The average Bonchev–Trinajstić information content (AvgIpc) is 2.23. The largest absolute Gasteiger partial charge is 0.389 e. The number of hydrogen-bond acceptors (Lipinski definition) is 4. The Morgan fingerprint density at radius 2 is 2.00 bits per heavy atom. The van der Waals surface area contributed by atoms with Crippen LogP contribution in [0.25, 0.3) is 0 Å². The van der Waals surface area contributed by atoms with Crippen molar-refractivity contribution >= 4 is 17.4 Å². The maximum Gasteiger partial charge on any atom is 0.134 e. The SMILES string of the molecule is CCc1nc(Cl)cc(N(CC)CC(C)(C)O)n1. The molecule has 0 saturated heterocycles. The number of nitrogens with zero attached hydrogens (tertiary/aromatic N) is 3. The van der Waals surface area contributed by atoms with Gasteiger partial charge in [0.05, 0.1) is 5.60 Å². The summed E-state index contributed by atoms with van der Waals surface area (Å²) in [5.74, 6) is 1.49. The Hall–Kier alpha value is -0.870. The number of likely N-dealkylation sites (N-methyl/N-ethyl adjacent to an activating group) is 1. The first kappa shape index (κ1) is 14.2. The lowest BCUT2D eigenvalue weighted by molar-refractivity contribution is 0.0874. The van der Waals surface area contributed by atoms with Crippen LogP contribution in [0.4, 0.5) is 5.82 Å². The standard InChI is InChI=1S/C12H20ClN3O/c1-5-10-14-9(13)7-11(15-10)16(6-2)8-12(3,4)17/h7,17H,5-6,8H2,1-4H3. The molecule has 0 unspecified atom stereocenters. The summed E-state index contributed by atoms with van der Waals surface area (Å²) in [4.78, 5) is 10.6. The highest BCUT2D eigenvalue weighted by molar-refractivity contribution is 6.29. The van der Waals surface area contributed by atoms with E-state index in [-0.39, 0.29) is 0 Å². The Balaban J connectivity index is 2.99. The lowest BCUT2D eigenvalue weighted by Gasteiger charge is -2.29. The zero-order chi connectivity index (χ0) is 13.1. The molecule has 1 N–H and O–H groups in total. The summed E-state index contributed by atoms with van der Waals surface area (Å²) in [6, 6.07) is 1.73. The fourth-order valence-electron chi connectivity index (χ4n) is 1.59. The Morgan fingerprint density at radius 1 is 1.35 bits per heavy atom. The van der Waals surface area contributed by atoms with E-state index in [2.05, 4.69) is 9.97 Å². The first-order chi connectivity index (χ1) is 7.85. The van der Waals surface area contributed by atoms with Crippen LogP contribution < -0.4 is 4.90 Å². The van der Waals surface area contributed by atoms with Crippen molar-refractivity contribution in [1.82, 2.24) is 9.97 Å². The van der Waals surface area contributed by atoms with Crippen LogP contribution in [0, 0.1) is 0 Å². The fourth-order valence-corrected chi connectivity index (χ4v) is 1.79. The smallest absolute Gasteiger partial charge is 0.134 e. The molecule has 0 aliphatic heterocycles. The van der Waals surface area contributed by atoms with Crippen molar-refractivity contribution in [3.05, 3.63) is 17.0 Å². The molecule has 0 aromatic carbocycles. The molecule has 0 bridgehead atoms. The number of aliphatic hydroxyl groups is 1. The van der Waals surface area contributed by atoms with Gasteiger partial charge in [-0.1, -0.05) is 18.5 Å². The molecule has 5 heteroatoms. The van der Waals surface area contributed by atoms with Crippen LogP contribution in [0.2, 0.25) is 5.15 Å². The Morgan fingerprint density at radius 3 is 2.47 bits per heavy atom. The molecule has 17 heavy (non-hydrogen) atoms. The van der Waals surface area contributed by atoms with Crippen LogP contribution in [0.5, 0.6) is 0 Å². The minimum absolute atomic E-state index is 0.445. The summed E-state index contributed by atoms with van der Waals surface area (Å²) in [7, 11) is 0. The Kier molecular flexibility index (Phi) is 4.71. The number of hydrogen-bond donors (Lipinski definition) is 1. The van der Waals surface area contributed by atoms with Crippen molar-refractivity contribution in [3.63, 3.8) is 0 Å². The van der Waals surface area contributed by atoms with Gasteiger partial charge in [0.2, 0.25) is 0 Å². The summed E-state index contributed by atoms with van der Waals surface area (Å²) in [5.41, 5.74) is -0.764. The number of halogens is 1. The molecule has 0 atom stereocenters. The second-order valence-corrected chi connectivity index (χ2v) is 5.03. The van der Waals surface area contributed by atoms with Gasteiger partial charge < -0.3 is 10.0 Å². The second kappa shape index (κ2) is 5.65. The van der Waals surface area contributed by atoms with Crippen molar-refractivity contribution < 1.29 is 5.11 Å². The van der Waals surface area contributed by atoms with Gasteiger partial charge in [-0.2, -0.15) is 0 Å². The summed E-state index contributed by atoms with van der Waals surface area (Å²) in [6.45, 7) is 8.84. The summed E-state index contributed by atoms with van der Waals surface area (Å²) in [6.07, 6.45) is 0.744. The number of aromatic nitrogens is 2. The van der Waals surface area contributed by atoms with Gasteiger partial charge in [0.15, 0.2) is 0 Å². The molecule has 0 radical (unpaired) electrons. The van der Waals surface area contributed by atoms with Crippen molar-refractivity contribution in [2.45, 2.75) is 39.7 Å². The third-order valence-electron chi connectivity index (χ3n) is 2.33. The molecule has 0 fully saturated rings. The van der Waals surface area contributed by atoms with Gasteiger partial charge in [0, 0.05) is 25.6 Å². The van der Waals surface area contributed by atoms with E-state index in [0.29, 0.717) is 11.7 Å². The first-order valence-electron chi connectivity index (χ1n) is 5.86. The molecular weight excluding hydrogens is 238 g/mol. The zero-order valence-corrected chi connectivity index (χ0v) is 11.6. The van der Waals surface area contributed by atoms with E-state index < -0.39 is 5.60 Å². The van der Waals surface area contributed by atoms with Crippen LogP contribution in [0.15, 0.2) is 6.07 Å². The van der Waals surface area contributed by atoms with Crippen LogP contribution in [0.3, 0.4) is 0 Å². The van der Waals surface area contributed by atoms with Gasteiger partial charge in [-0.25, -0.2) is 9.97 Å². The molecule has 1 rings (SSSR count). The average molecular weight is 258 g/mol. The highest BCUT2D eigenvalue weighted by Crippen LogP contribution is 2.18. The Labute approximate surface area is 108 Å². The van der Waals surface area contributed by atoms with E-state index in [9.17, 15) is 5.11 Å². The van der Waals surface area contributed by atoms with E-state index >= 15 is 0 Å². The van der Waals surface area contributed by atoms with Gasteiger partial charge in [-0.3, -0.25) is 0 Å². The van der Waals surface area contributed by atoms with Crippen LogP contribution in [0.1, 0.15) is 33.5 Å². The normalized spacial score (nSPS) is 11.6. The molecule has 1 heterocycles. The summed E-state index contributed by atoms with van der Waals surface area (Å²) < 4.78 is 0. The lowest BCUT2D eigenvalue weighted by Crippen LogP contribution is -2.39. The highest BCUT2D eigenvalue weighted by atomic mass is 35.5. The number of anilines is 1. The molecule has 0 amide bonds. The minimum Gasteiger partial charge on any atom is -0.389 e. The maximum absolute atomic E-state index is 9.86. The van der Waals surface area contributed by atoms with Crippen molar-refractivity contribution in [1.29, 1.82) is 0 Å². The quantitative estimate of drug-likeness (QED) is 0.823. The Bertz CT molecular complexity index is 377. The van der Waals surface area contributed by atoms with Gasteiger partial charge in [-0.05, 0) is 20.8 Å². The van der Waals surface area contributed by atoms with Crippen LogP contribution >= 0.6 is 11.6 Å². The molecule has 0 spiro atoms. The molecule has 1 aromatic rings. The third kappa shape index (κ3) is 4.48. The second-order valence-electron chi connectivity index (χ2n) is 4.65. The first-order valence-corrected chi connectivity index (χ1v) is 6.24. The van der Waals surface area contributed by atoms with E-state index in [4.69, 9.17) is 11.6 Å². The number of rotatable bonds is 5. The molecule has 0 saturated carbocycles. The number of aryl methyl sites for hydroxylation is 1. The monoisotopic (exact) mass is 257 g/mol. The molecule has 0 aliphatic rings. The van der Waals surface area contributed by atoms with Crippen LogP contribution in [-0.2, 0) is 6.42 Å². The zero-order valence-electron chi connectivity index (χ0n) is 10.9. The van der Waals surface area contributed by atoms with Gasteiger partial charge >= 0.3 is 0 Å². The molecule has 96 valence electrons. The molecular formula is C12H20ClN3O. The molecule has 0 aliphatic carbocycles. The topological polar surface area (TPSA) is 49.2 Å². The minimum atomic E-state index is -0.764. The van der Waals surface area contributed by atoms with E-state index in [1.165, 1.54) is 0 Å². The van der Waals surface area contributed by atoms with Crippen LogP contribution in [-0.4, -0.2) is 33.8 Å². The van der Waals surface area contributed by atoms with E-state index in [0.717, 1.165) is 24.6 Å². The van der Waals surface area contributed by atoms with Gasteiger partial charge in [0.1, 0.15) is 16.8 Å². The highest BCUT2D eigenvalue weighted by Gasteiger charge is 2.19. The van der Waals surface area contributed by atoms with Gasteiger partial charge in [-0.15, -0.1) is 0 Å².